The van der Waals surface area contributed by atoms with Gasteiger partial charge in [0, 0.05) is 13.0 Å². The van der Waals surface area contributed by atoms with Crippen molar-refractivity contribution in [2.75, 3.05) is 6.54 Å². The molecule has 2 unspecified atom stereocenters. The lowest BCUT2D eigenvalue weighted by atomic mass is 10.1. The SMILES string of the molecule is CCCC(O)CNC(=O)C(N)CCC(=O)O. The van der Waals surface area contributed by atoms with E-state index in [1.807, 2.05) is 6.92 Å². The van der Waals surface area contributed by atoms with Gasteiger partial charge >= 0.3 is 5.97 Å². The molecule has 0 fully saturated rings. The average Bonchev–Trinajstić information content (AvgIpc) is 2.22. The average molecular weight is 232 g/mol. The summed E-state index contributed by atoms with van der Waals surface area (Å²) in [5.41, 5.74) is 5.47. The number of aliphatic hydroxyl groups excluding tert-OH is 1. The zero-order valence-corrected chi connectivity index (χ0v) is 9.48. The Morgan fingerprint density at radius 1 is 1.38 bits per heavy atom. The predicted molar refractivity (Wildman–Crippen MR) is 58.8 cm³/mol. The summed E-state index contributed by atoms with van der Waals surface area (Å²) in [5.74, 6) is -1.40. The molecule has 0 aromatic heterocycles. The number of hydrogen-bond acceptors (Lipinski definition) is 4. The molecule has 2 atom stereocenters. The van der Waals surface area contributed by atoms with Crippen LogP contribution in [0.25, 0.3) is 0 Å². The molecule has 16 heavy (non-hydrogen) atoms. The van der Waals surface area contributed by atoms with Crippen LogP contribution >= 0.6 is 0 Å². The van der Waals surface area contributed by atoms with E-state index in [0.29, 0.717) is 6.42 Å². The van der Waals surface area contributed by atoms with Gasteiger partial charge in [-0.2, -0.15) is 0 Å². The Kier molecular flexibility index (Phi) is 7.49. The van der Waals surface area contributed by atoms with Crippen molar-refractivity contribution >= 4 is 11.9 Å². The van der Waals surface area contributed by atoms with Crippen molar-refractivity contribution in [3.8, 4) is 0 Å². The first-order valence-corrected chi connectivity index (χ1v) is 5.40. The summed E-state index contributed by atoms with van der Waals surface area (Å²) < 4.78 is 0. The van der Waals surface area contributed by atoms with E-state index in [4.69, 9.17) is 10.8 Å². The first-order valence-electron chi connectivity index (χ1n) is 5.40. The van der Waals surface area contributed by atoms with Gasteiger partial charge in [-0.1, -0.05) is 13.3 Å². The molecule has 0 saturated heterocycles. The third-order valence-electron chi connectivity index (χ3n) is 2.14. The third-order valence-corrected chi connectivity index (χ3v) is 2.14. The fourth-order valence-corrected chi connectivity index (χ4v) is 1.19. The molecule has 0 aliphatic heterocycles. The van der Waals surface area contributed by atoms with E-state index in [0.717, 1.165) is 6.42 Å². The normalized spacial score (nSPS) is 14.2. The molecule has 0 aliphatic carbocycles. The van der Waals surface area contributed by atoms with Gasteiger partial charge in [0.25, 0.3) is 0 Å². The number of hydrogen-bond donors (Lipinski definition) is 4. The molecule has 0 heterocycles. The molecule has 0 rings (SSSR count). The highest BCUT2D eigenvalue weighted by Crippen LogP contribution is 1.97. The van der Waals surface area contributed by atoms with Crippen LogP contribution in [0.2, 0.25) is 0 Å². The molecule has 0 aliphatic rings. The van der Waals surface area contributed by atoms with Crippen LogP contribution in [-0.2, 0) is 9.59 Å². The topological polar surface area (TPSA) is 113 Å². The molecule has 94 valence electrons. The number of nitrogens with one attached hydrogen (secondary N) is 1. The van der Waals surface area contributed by atoms with Gasteiger partial charge in [-0.15, -0.1) is 0 Å². The molecule has 0 bridgehead atoms. The zero-order valence-electron chi connectivity index (χ0n) is 9.48. The summed E-state index contributed by atoms with van der Waals surface area (Å²) in [6.45, 7) is 2.09. The van der Waals surface area contributed by atoms with Crippen molar-refractivity contribution in [1.29, 1.82) is 0 Å². The highest BCUT2D eigenvalue weighted by atomic mass is 16.4. The standard InChI is InChI=1S/C10H20N2O4/c1-2-3-7(13)6-12-10(16)8(11)4-5-9(14)15/h7-8,13H,2-6,11H2,1H3,(H,12,16)(H,14,15). The van der Waals surface area contributed by atoms with Gasteiger partial charge in [-0.05, 0) is 12.8 Å². The predicted octanol–water partition coefficient (Wildman–Crippen LogP) is -0.544. The number of carboxylic acid groups (broad SMARTS) is 1. The number of amides is 1. The van der Waals surface area contributed by atoms with E-state index in [2.05, 4.69) is 5.32 Å². The summed E-state index contributed by atoms with van der Waals surface area (Å²) in [5, 5.41) is 20.2. The summed E-state index contributed by atoms with van der Waals surface area (Å²) in [6.07, 6.45) is 0.852. The first kappa shape index (κ1) is 14.9. The number of carboxylic acids is 1. The van der Waals surface area contributed by atoms with Gasteiger partial charge in [-0.3, -0.25) is 9.59 Å². The van der Waals surface area contributed by atoms with Crippen LogP contribution in [0.4, 0.5) is 0 Å². The van der Waals surface area contributed by atoms with Crippen LogP contribution in [0.3, 0.4) is 0 Å². The van der Waals surface area contributed by atoms with Crippen LogP contribution in [-0.4, -0.2) is 40.8 Å². The molecule has 5 N–H and O–H groups in total. The molecule has 0 aromatic carbocycles. The van der Waals surface area contributed by atoms with Crippen molar-refractivity contribution < 1.29 is 19.8 Å². The lowest BCUT2D eigenvalue weighted by Gasteiger charge is -2.14. The van der Waals surface area contributed by atoms with Crippen LogP contribution in [0.1, 0.15) is 32.6 Å². The summed E-state index contributed by atoms with van der Waals surface area (Å²) in [7, 11) is 0. The van der Waals surface area contributed by atoms with E-state index in [9.17, 15) is 14.7 Å². The first-order chi connectivity index (χ1) is 7.47. The summed E-state index contributed by atoms with van der Waals surface area (Å²) in [4.78, 5) is 21.6. The number of carbonyl (C=O) groups excluding carboxylic acids is 1. The Bertz CT molecular complexity index is 233. The molecule has 0 radical (unpaired) electrons. The number of aliphatic carboxylic acids is 1. The van der Waals surface area contributed by atoms with Crippen LogP contribution < -0.4 is 11.1 Å². The van der Waals surface area contributed by atoms with Gasteiger partial charge < -0.3 is 21.3 Å². The summed E-state index contributed by atoms with van der Waals surface area (Å²) >= 11 is 0. The molecule has 1 amide bonds. The van der Waals surface area contributed by atoms with Crippen LogP contribution in [0.5, 0.6) is 0 Å². The molecule has 6 heteroatoms. The van der Waals surface area contributed by atoms with Crippen molar-refractivity contribution in [1.82, 2.24) is 5.32 Å². The van der Waals surface area contributed by atoms with Crippen LogP contribution in [0, 0.1) is 0 Å². The quantitative estimate of drug-likeness (QED) is 0.449. The Labute approximate surface area is 94.8 Å². The van der Waals surface area contributed by atoms with E-state index >= 15 is 0 Å². The highest BCUT2D eigenvalue weighted by molar-refractivity contribution is 5.82. The van der Waals surface area contributed by atoms with E-state index < -0.39 is 24.0 Å². The molecule has 0 aromatic rings. The summed E-state index contributed by atoms with van der Waals surface area (Å²) in [6, 6.07) is -0.829. The number of carbonyl (C=O) groups is 2. The Morgan fingerprint density at radius 3 is 2.50 bits per heavy atom. The molecular weight excluding hydrogens is 212 g/mol. The smallest absolute Gasteiger partial charge is 0.303 e. The molecule has 0 spiro atoms. The van der Waals surface area contributed by atoms with Gasteiger partial charge in [0.15, 0.2) is 0 Å². The largest absolute Gasteiger partial charge is 0.481 e. The number of rotatable bonds is 8. The lowest BCUT2D eigenvalue weighted by molar-refractivity contribution is -0.137. The third kappa shape index (κ3) is 7.19. The van der Waals surface area contributed by atoms with Crippen molar-refractivity contribution in [3.63, 3.8) is 0 Å². The second-order valence-corrected chi connectivity index (χ2v) is 3.73. The van der Waals surface area contributed by atoms with Crippen molar-refractivity contribution in [2.24, 2.45) is 5.73 Å². The minimum atomic E-state index is -0.978. The maximum atomic E-state index is 11.3. The molecule has 6 nitrogen and oxygen atoms in total. The fourth-order valence-electron chi connectivity index (χ4n) is 1.19. The van der Waals surface area contributed by atoms with Gasteiger partial charge in [-0.25, -0.2) is 0 Å². The van der Waals surface area contributed by atoms with E-state index in [-0.39, 0.29) is 19.4 Å². The van der Waals surface area contributed by atoms with Crippen LogP contribution in [0.15, 0.2) is 0 Å². The van der Waals surface area contributed by atoms with Gasteiger partial charge in [0.05, 0.1) is 12.1 Å². The lowest BCUT2D eigenvalue weighted by Crippen LogP contribution is -2.43. The number of nitrogens with two attached hydrogens (primary N) is 1. The molecule has 0 saturated carbocycles. The zero-order chi connectivity index (χ0) is 12.6. The monoisotopic (exact) mass is 232 g/mol. The Hall–Kier alpha value is -1.14. The maximum absolute atomic E-state index is 11.3. The van der Waals surface area contributed by atoms with Gasteiger partial charge in [0.2, 0.25) is 5.91 Å². The second kappa shape index (κ2) is 8.06. The minimum Gasteiger partial charge on any atom is -0.481 e. The highest BCUT2D eigenvalue weighted by Gasteiger charge is 2.15. The Morgan fingerprint density at radius 2 is 2.00 bits per heavy atom. The number of aliphatic hydroxyl groups is 1. The maximum Gasteiger partial charge on any atom is 0.303 e. The minimum absolute atomic E-state index is 0.102. The van der Waals surface area contributed by atoms with E-state index in [1.165, 1.54) is 0 Å². The second-order valence-electron chi connectivity index (χ2n) is 3.73. The molecular formula is C10H20N2O4. The van der Waals surface area contributed by atoms with E-state index in [1.54, 1.807) is 0 Å². The fraction of sp³-hybridized carbons (Fsp3) is 0.800. The van der Waals surface area contributed by atoms with Crippen molar-refractivity contribution in [3.05, 3.63) is 0 Å². The van der Waals surface area contributed by atoms with Gasteiger partial charge in [0.1, 0.15) is 0 Å². The Balaban J connectivity index is 3.74. The van der Waals surface area contributed by atoms with Crippen molar-refractivity contribution in [2.45, 2.75) is 44.8 Å².